The lowest BCUT2D eigenvalue weighted by molar-refractivity contribution is 0.0923. The quantitative estimate of drug-likeness (QED) is 0.509. The van der Waals surface area contributed by atoms with Gasteiger partial charge in [0, 0.05) is 12.5 Å². The lowest BCUT2D eigenvalue weighted by Gasteiger charge is -2.10. The molecule has 0 spiro atoms. The van der Waals surface area contributed by atoms with Crippen molar-refractivity contribution in [3.05, 3.63) is 28.2 Å². The lowest BCUT2D eigenvalue weighted by atomic mass is 10.1. The molecule has 1 aromatic carbocycles. The molecule has 1 aromatic rings. The Morgan fingerprint density at radius 1 is 1.22 bits per heavy atom. The Morgan fingerprint density at radius 3 is 2.61 bits per heavy atom. The highest BCUT2D eigenvalue weighted by atomic mass is 79.9. The largest absolute Gasteiger partial charge is 0.490 e. The molecule has 0 aliphatic heterocycles. The molecular weight excluding hydrogens is 316 g/mol. The number of ether oxygens (including phenoxy) is 2. The lowest BCUT2D eigenvalue weighted by Crippen LogP contribution is -2.08. The van der Waals surface area contributed by atoms with Gasteiger partial charge in [0.05, 0.1) is 11.1 Å². The molecule has 0 aliphatic rings. The van der Waals surface area contributed by atoms with Gasteiger partial charge in [-0.1, -0.05) is 19.9 Å². The maximum atomic E-state index is 5.76. The van der Waals surface area contributed by atoms with E-state index >= 15 is 0 Å². The van der Waals surface area contributed by atoms with E-state index in [1.807, 2.05) is 18.2 Å². The molecular formula is C14H20BrClO2. The fraction of sp³-hybridized carbons (Fsp3) is 0.571. The van der Waals surface area contributed by atoms with Gasteiger partial charge in [-0.25, -0.2) is 0 Å². The van der Waals surface area contributed by atoms with Crippen LogP contribution in [0.2, 0.25) is 0 Å². The monoisotopic (exact) mass is 334 g/mol. The molecule has 0 amide bonds. The highest BCUT2D eigenvalue weighted by Crippen LogP contribution is 2.26. The number of hydrogen-bond donors (Lipinski definition) is 0. The number of benzene rings is 1. The molecule has 0 radical (unpaired) electrons. The fourth-order valence-electron chi connectivity index (χ4n) is 1.38. The van der Waals surface area contributed by atoms with Crippen molar-refractivity contribution < 1.29 is 9.47 Å². The zero-order valence-electron chi connectivity index (χ0n) is 10.9. The van der Waals surface area contributed by atoms with Gasteiger partial charge >= 0.3 is 0 Å². The second kappa shape index (κ2) is 8.78. The van der Waals surface area contributed by atoms with Crippen molar-refractivity contribution in [3.63, 3.8) is 0 Å². The summed E-state index contributed by atoms with van der Waals surface area (Å²) in [6.45, 7) is 6.37. The van der Waals surface area contributed by atoms with Crippen LogP contribution < -0.4 is 4.74 Å². The minimum absolute atomic E-state index is 0.511. The van der Waals surface area contributed by atoms with E-state index in [4.69, 9.17) is 21.1 Å². The van der Waals surface area contributed by atoms with Gasteiger partial charge in [0.1, 0.15) is 12.4 Å². The van der Waals surface area contributed by atoms with Crippen molar-refractivity contribution in [2.45, 2.75) is 26.1 Å². The normalized spacial score (nSPS) is 10.9. The van der Waals surface area contributed by atoms with Crippen molar-refractivity contribution >= 4 is 27.5 Å². The first-order chi connectivity index (χ1) is 8.63. The van der Waals surface area contributed by atoms with E-state index in [0.717, 1.165) is 28.8 Å². The van der Waals surface area contributed by atoms with E-state index < -0.39 is 0 Å². The van der Waals surface area contributed by atoms with Gasteiger partial charge < -0.3 is 9.47 Å². The van der Waals surface area contributed by atoms with Crippen LogP contribution in [-0.2, 0) is 10.6 Å². The van der Waals surface area contributed by atoms with Crippen LogP contribution in [0.4, 0.5) is 0 Å². The third-order valence-electron chi connectivity index (χ3n) is 2.48. The minimum atomic E-state index is 0.511. The molecule has 4 heteroatoms. The van der Waals surface area contributed by atoms with E-state index in [9.17, 15) is 0 Å². The van der Waals surface area contributed by atoms with Gasteiger partial charge in [-0.3, -0.25) is 0 Å². The first-order valence-electron chi connectivity index (χ1n) is 6.18. The second-order valence-electron chi connectivity index (χ2n) is 4.54. The molecule has 0 aliphatic carbocycles. The second-order valence-corrected chi connectivity index (χ2v) is 5.66. The summed E-state index contributed by atoms with van der Waals surface area (Å²) in [7, 11) is 0. The summed E-state index contributed by atoms with van der Waals surface area (Å²) in [6, 6.07) is 5.87. The van der Waals surface area contributed by atoms with E-state index in [1.165, 1.54) is 0 Å². The van der Waals surface area contributed by atoms with Gasteiger partial charge in [-0.2, -0.15) is 0 Å². The van der Waals surface area contributed by atoms with E-state index in [-0.39, 0.29) is 0 Å². The van der Waals surface area contributed by atoms with Crippen LogP contribution in [0.15, 0.2) is 22.7 Å². The fourth-order valence-corrected chi connectivity index (χ4v) is 2.08. The van der Waals surface area contributed by atoms with Gasteiger partial charge in [-0.15, -0.1) is 11.6 Å². The Bertz CT molecular complexity index is 356. The number of rotatable bonds is 8. The Hall–Kier alpha value is -0.250. The first kappa shape index (κ1) is 15.8. The van der Waals surface area contributed by atoms with Crippen molar-refractivity contribution in [2.24, 2.45) is 5.92 Å². The van der Waals surface area contributed by atoms with Gasteiger partial charge in [0.25, 0.3) is 0 Å². The molecule has 0 fully saturated rings. The average Bonchev–Trinajstić information content (AvgIpc) is 2.34. The van der Waals surface area contributed by atoms with E-state index in [1.54, 1.807) is 0 Å². The Labute approximate surface area is 123 Å². The van der Waals surface area contributed by atoms with E-state index in [2.05, 4.69) is 29.8 Å². The van der Waals surface area contributed by atoms with Gasteiger partial charge in [-0.05, 0) is 46.0 Å². The zero-order chi connectivity index (χ0) is 13.4. The molecule has 0 unspecified atom stereocenters. The summed E-state index contributed by atoms with van der Waals surface area (Å²) < 4.78 is 12.1. The average molecular weight is 336 g/mol. The van der Waals surface area contributed by atoms with Crippen LogP contribution in [0.1, 0.15) is 25.8 Å². The third-order valence-corrected chi connectivity index (χ3v) is 3.40. The molecule has 18 heavy (non-hydrogen) atoms. The molecule has 0 atom stereocenters. The molecule has 0 heterocycles. The Morgan fingerprint density at radius 2 is 2.00 bits per heavy atom. The number of alkyl halides is 1. The Kier molecular flexibility index (Phi) is 7.71. The van der Waals surface area contributed by atoms with Crippen LogP contribution in [0.5, 0.6) is 5.75 Å². The minimum Gasteiger partial charge on any atom is -0.490 e. The standard InChI is InChI=1S/C14H20BrClO2/c1-11(2)5-6-17-7-8-18-14-4-3-12(10-16)9-13(14)15/h3-4,9,11H,5-8,10H2,1-2H3. The summed E-state index contributed by atoms with van der Waals surface area (Å²) >= 11 is 9.22. The van der Waals surface area contributed by atoms with Crippen molar-refractivity contribution in [1.82, 2.24) is 0 Å². The van der Waals surface area contributed by atoms with Crippen LogP contribution in [-0.4, -0.2) is 19.8 Å². The summed E-state index contributed by atoms with van der Waals surface area (Å²) in [5, 5.41) is 0. The molecule has 2 nitrogen and oxygen atoms in total. The molecule has 102 valence electrons. The topological polar surface area (TPSA) is 18.5 Å². The molecule has 0 N–H and O–H groups in total. The predicted molar refractivity (Wildman–Crippen MR) is 79.5 cm³/mol. The predicted octanol–water partition coefficient (Wildman–Crippen LogP) is 4.63. The summed E-state index contributed by atoms with van der Waals surface area (Å²) in [5.74, 6) is 2.02. The summed E-state index contributed by atoms with van der Waals surface area (Å²) in [5.41, 5.74) is 1.07. The highest BCUT2D eigenvalue weighted by Gasteiger charge is 2.02. The molecule has 0 saturated carbocycles. The molecule has 0 bridgehead atoms. The molecule has 1 rings (SSSR count). The van der Waals surface area contributed by atoms with Crippen LogP contribution in [0.3, 0.4) is 0 Å². The van der Waals surface area contributed by atoms with Crippen LogP contribution in [0, 0.1) is 5.92 Å². The van der Waals surface area contributed by atoms with E-state index in [0.29, 0.717) is 25.0 Å². The smallest absolute Gasteiger partial charge is 0.133 e. The van der Waals surface area contributed by atoms with Gasteiger partial charge in [0.15, 0.2) is 0 Å². The summed E-state index contributed by atoms with van der Waals surface area (Å²) in [4.78, 5) is 0. The van der Waals surface area contributed by atoms with Crippen molar-refractivity contribution in [1.29, 1.82) is 0 Å². The maximum Gasteiger partial charge on any atom is 0.133 e. The Balaban J connectivity index is 2.23. The third kappa shape index (κ3) is 6.07. The summed E-state index contributed by atoms with van der Waals surface area (Å²) in [6.07, 6.45) is 1.09. The van der Waals surface area contributed by atoms with Crippen molar-refractivity contribution in [2.75, 3.05) is 19.8 Å². The first-order valence-corrected chi connectivity index (χ1v) is 7.51. The number of halogens is 2. The maximum absolute atomic E-state index is 5.76. The van der Waals surface area contributed by atoms with Gasteiger partial charge in [0.2, 0.25) is 0 Å². The zero-order valence-corrected chi connectivity index (χ0v) is 13.3. The highest BCUT2D eigenvalue weighted by molar-refractivity contribution is 9.10. The number of hydrogen-bond acceptors (Lipinski definition) is 2. The SMILES string of the molecule is CC(C)CCOCCOc1ccc(CCl)cc1Br. The van der Waals surface area contributed by atoms with Crippen LogP contribution >= 0.6 is 27.5 Å². The molecule has 0 saturated heterocycles. The van der Waals surface area contributed by atoms with Crippen LogP contribution in [0.25, 0.3) is 0 Å². The molecule has 0 aromatic heterocycles. The van der Waals surface area contributed by atoms with Crippen molar-refractivity contribution in [3.8, 4) is 5.75 Å².